The number of likely N-dealkylation sites (tertiary alicyclic amines) is 1. The zero-order valence-electron chi connectivity index (χ0n) is 17.1. The summed E-state index contributed by atoms with van der Waals surface area (Å²) in [6.45, 7) is 3.31. The van der Waals surface area contributed by atoms with Crippen molar-refractivity contribution in [3.05, 3.63) is 60.2 Å². The molecule has 0 aliphatic carbocycles. The Morgan fingerprint density at radius 3 is 2.63 bits per heavy atom. The first kappa shape index (κ1) is 20.8. The van der Waals surface area contributed by atoms with Crippen LogP contribution in [0.15, 0.2) is 54.6 Å². The molecule has 0 bridgehead atoms. The number of amides is 2. The molecular formula is C22H28N4O3S. The quantitative estimate of drug-likeness (QED) is 0.698. The Morgan fingerprint density at radius 2 is 1.93 bits per heavy atom. The summed E-state index contributed by atoms with van der Waals surface area (Å²) in [5, 5.41) is 2.88. The maximum atomic E-state index is 12.8. The third-order valence-corrected chi connectivity index (χ3v) is 7.20. The number of benzene rings is 2. The highest BCUT2D eigenvalue weighted by molar-refractivity contribution is 7.87. The average Bonchev–Trinajstić information content (AvgIpc) is 3.05. The van der Waals surface area contributed by atoms with Gasteiger partial charge in [0.15, 0.2) is 0 Å². The second-order valence-corrected chi connectivity index (χ2v) is 9.50. The van der Waals surface area contributed by atoms with Crippen LogP contribution in [0.5, 0.6) is 0 Å². The molecule has 2 atom stereocenters. The molecule has 2 heterocycles. The van der Waals surface area contributed by atoms with Gasteiger partial charge in [0.2, 0.25) is 0 Å². The molecule has 2 saturated heterocycles. The number of carbonyl (C=O) groups excluding carboxylic acids is 1. The normalized spacial score (nSPS) is 25.4. The molecule has 2 aliphatic rings. The zero-order chi connectivity index (χ0) is 21.2. The van der Waals surface area contributed by atoms with Crippen LogP contribution in [0.25, 0.3) is 11.1 Å². The Hall–Kier alpha value is -2.42. The van der Waals surface area contributed by atoms with Crippen LogP contribution in [0.2, 0.25) is 0 Å². The van der Waals surface area contributed by atoms with Crippen LogP contribution in [0.1, 0.15) is 25.3 Å². The van der Waals surface area contributed by atoms with E-state index in [4.69, 9.17) is 0 Å². The van der Waals surface area contributed by atoms with E-state index in [9.17, 15) is 13.2 Å². The third kappa shape index (κ3) is 4.21. The van der Waals surface area contributed by atoms with Crippen LogP contribution in [-0.4, -0.2) is 50.6 Å². The molecule has 30 heavy (non-hydrogen) atoms. The number of nitrogens with one attached hydrogen (secondary N) is 3. The van der Waals surface area contributed by atoms with Crippen LogP contribution < -0.4 is 14.8 Å². The van der Waals surface area contributed by atoms with E-state index in [0.717, 1.165) is 23.1 Å². The summed E-state index contributed by atoms with van der Waals surface area (Å²) in [7, 11) is -3.55. The molecule has 160 valence electrons. The van der Waals surface area contributed by atoms with E-state index >= 15 is 0 Å². The third-order valence-electron chi connectivity index (χ3n) is 6.00. The lowest BCUT2D eigenvalue weighted by molar-refractivity contribution is 0.0909. The van der Waals surface area contributed by atoms with Crippen molar-refractivity contribution in [1.82, 2.24) is 19.7 Å². The number of nitrogens with zero attached hydrogens (tertiary/aromatic N) is 1. The topological polar surface area (TPSA) is 90.5 Å². The Kier molecular flexibility index (Phi) is 5.81. The molecule has 7 nitrogen and oxygen atoms in total. The first-order valence-corrected chi connectivity index (χ1v) is 11.9. The van der Waals surface area contributed by atoms with E-state index in [2.05, 4.69) is 39.0 Å². The van der Waals surface area contributed by atoms with Gasteiger partial charge in [-0.2, -0.15) is 13.1 Å². The maximum Gasteiger partial charge on any atom is 0.317 e. The van der Waals surface area contributed by atoms with Crippen LogP contribution in [0.4, 0.5) is 4.79 Å². The second-order valence-electron chi connectivity index (χ2n) is 8.00. The molecule has 0 aromatic heterocycles. The van der Waals surface area contributed by atoms with E-state index in [1.54, 1.807) is 4.90 Å². The van der Waals surface area contributed by atoms with Gasteiger partial charge in [-0.3, -0.25) is 0 Å². The molecule has 2 fully saturated rings. The number of piperidine rings is 1. The molecule has 3 N–H and O–H groups in total. The van der Waals surface area contributed by atoms with Crippen molar-refractivity contribution in [2.75, 3.05) is 19.6 Å². The predicted octanol–water partition coefficient (Wildman–Crippen LogP) is 2.27. The molecule has 1 spiro atoms. The lowest BCUT2D eigenvalue weighted by Crippen LogP contribution is -2.66. The van der Waals surface area contributed by atoms with Gasteiger partial charge in [0.1, 0.15) is 0 Å². The van der Waals surface area contributed by atoms with Crippen LogP contribution >= 0.6 is 0 Å². The fraction of sp³-hybridized carbons (Fsp3) is 0.409. The Morgan fingerprint density at radius 1 is 1.17 bits per heavy atom. The Labute approximate surface area is 178 Å². The Bertz CT molecular complexity index is 1010. The van der Waals surface area contributed by atoms with Gasteiger partial charge < -0.3 is 10.2 Å². The summed E-state index contributed by atoms with van der Waals surface area (Å²) in [5.41, 5.74) is 2.60. The van der Waals surface area contributed by atoms with Crippen LogP contribution in [0, 0.1) is 0 Å². The first-order valence-electron chi connectivity index (χ1n) is 10.4. The van der Waals surface area contributed by atoms with Crippen molar-refractivity contribution in [1.29, 1.82) is 0 Å². The van der Waals surface area contributed by atoms with Crippen molar-refractivity contribution in [3.63, 3.8) is 0 Å². The van der Waals surface area contributed by atoms with Gasteiger partial charge in [-0.15, -0.1) is 0 Å². The summed E-state index contributed by atoms with van der Waals surface area (Å²) in [5.74, 6) is 0. The molecule has 4 rings (SSSR count). The summed E-state index contributed by atoms with van der Waals surface area (Å²) in [4.78, 5) is 14.6. The molecule has 2 aliphatic heterocycles. The minimum atomic E-state index is -3.55. The van der Waals surface area contributed by atoms with Gasteiger partial charge in [0.25, 0.3) is 10.2 Å². The highest BCUT2D eigenvalue weighted by atomic mass is 32.2. The molecule has 0 saturated carbocycles. The number of hydrogen-bond donors (Lipinski definition) is 3. The number of rotatable bonds is 4. The van der Waals surface area contributed by atoms with Crippen molar-refractivity contribution >= 4 is 16.2 Å². The average molecular weight is 429 g/mol. The van der Waals surface area contributed by atoms with E-state index in [0.29, 0.717) is 25.9 Å². The SMILES string of the molecule is CCNC(=O)N1CCC[C@]2(CNS(=O)(=O)N2)[C@H]1Cc1cccc(-c2ccccc2)c1. The van der Waals surface area contributed by atoms with E-state index < -0.39 is 15.7 Å². The smallest absolute Gasteiger partial charge is 0.317 e. The number of carbonyl (C=O) groups is 1. The predicted molar refractivity (Wildman–Crippen MR) is 117 cm³/mol. The maximum absolute atomic E-state index is 12.8. The van der Waals surface area contributed by atoms with E-state index in [-0.39, 0.29) is 18.6 Å². The van der Waals surface area contributed by atoms with E-state index in [1.165, 1.54) is 0 Å². The van der Waals surface area contributed by atoms with Gasteiger partial charge in [0, 0.05) is 19.6 Å². The summed E-state index contributed by atoms with van der Waals surface area (Å²) < 4.78 is 29.8. The molecule has 0 unspecified atom stereocenters. The molecule has 8 heteroatoms. The van der Waals surface area contributed by atoms with E-state index in [1.807, 2.05) is 37.3 Å². The fourth-order valence-corrected chi connectivity index (χ4v) is 5.97. The monoisotopic (exact) mass is 428 g/mol. The molecule has 2 aromatic rings. The fourth-order valence-electron chi connectivity index (χ4n) is 4.61. The first-order chi connectivity index (χ1) is 14.4. The lowest BCUT2D eigenvalue weighted by atomic mass is 9.78. The largest absolute Gasteiger partial charge is 0.338 e. The van der Waals surface area contributed by atoms with Crippen molar-refractivity contribution < 1.29 is 13.2 Å². The lowest BCUT2D eigenvalue weighted by Gasteiger charge is -2.47. The molecule has 2 amide bonds. The number of hydrogen-bond acceptors (Lipinski definition) is 3. The minimum Gasteiger partial charge on any atom is -0.338 e. The zero-order valence-corrected chi connectivity index (χ0v) is 17.9. The van der Waals surface area contributed by atoms with Gasteiger partial charge in [0.05, 0.1) is 11.6 Å². The van der Waals surface area contributed by atoms with Crippen molar-refractivity contribution in [2.45, 2.75) is 37.8 Å². The van der Waals surface area contributed by atoms with Crippen LogP contribution in [0.3, 0.4) is 0 Å². The summed E-state index contributed by atoms with van der Waals surface area (Å²) >= 11 is 0. The second kappa shape index (κ2) is 8.37. The van der Waals surface area contributed by atoms with Gasteiger partial charge in [-0.05, 0) is 42.9 Å². The highest BCUT2D eigenvalue weighted by Crippen LogP contribution is 2.34. The standard InChI is InChI=1S/C22H28N4O3S/c1-2-23-21(27)26-13-7-12-22(16-24-30(28,29)25-22)20(26)15-17-8-6-11-19(14-17)18-9-4-3-5-10-18/h3-6,8-11,14,20,24-25H,2,7,12-13,15-16H2,1H3,(H,23,27)/t20-,22+/m1/s1. The van der Waals surface area contributed by atoms with Crippen molar-refractivity contribution in [2.24, 2.45) is 0 Å². The Balaban J connectivity index is 1.68. The molecular weight excluding hydrogens is 400 g/mol. The van der Waals surface area contributed by atoms with Crippen LogP contribution in [-0.2, 0) is 16.6 Å². The van der Waals surface area contributed by atoms with Gasteiger partial charge >= 0.3 is 6.03 Å². The number of urea groups is 1. The summed E-state index contributed by atoms with van der Waals surface area (Å²) in [6, 6.07) is 18.0. The van der Waals surface area contributed by atoms with Gasteiger partial charge in [-0.1, -0.05) is 54.6 Å². The summed E-state index contributed by atoms with van der Waals surface area (Å²) in [6.07, 6.45) is 2.02. The van der Waals surface area contributed by atoms with Crippen molar-refractivity contribution in [3.8, 4) is 11.1 Å². The van der Waals surface area contributed by atoms with Gasteiger partial charge in [-0.25, -0.2) is 9.52 Å². The minimum absolute atomic E-state index is 0.146. The molecule has 2 aromatic carbocycles. The highest BCUT2D eigenvalue weighted by Gasteiger charge is 2.52. The molecule has 0 radical (unpaired) electrons.